The highest BCUT2D eigenvalue weighted by Crippen LogP contribution is 2.45. The molecule has 0 aromatic rings. The van der Waals surface area contributed by atoms with Gasteiger partial charge in [0.25, 0.3) is 0 Å². The van der Waals surface area contributed by atoms with Gasteiger partial charge < -0.3 is 4.57 Å². The Morgan fingerprint density at radius 3 is 2.17 bits per heavy atom. The van der Waals surface area contributed by atoms with Gasteiger partial charge in [0.05, 0.1) is 0 Å². The van der Waals surface area contributed by atoms with E-state index in [9.17, 15) is 4.57 Å². The summed E-state index contributed by atoms with van der Waals surface area (Å²) in [6.07, 6.45) is 5.46. The molecule has 0 spiro atoms. The molecule has 12 heavy (non-hydrogen) atoms. The van der Waals surface area contributed by atoms with E-state index in [4.69, 9.17) is 7.57 Å². The Morgan fingerprint density at radius 2 is 1.83 bits per heavy atom. The molecule has 0 amide bonds. The smallest absolute Gasteiger partial charge is 0.164 e. The van der Waals surface area contributed by atoms with Crippen molar-refractivity contribution in [3.05, 3.63) is 0 Å². The van der Waals surface area contributed by atoms with E-state index in [1.165, 1.54) is 6.42 Å². The molecule has 0 bridgehead atoms. The van der Waals surface area contributed by atoms with Crippen LogP contribution in [0.15, 0.2) is 0 Å². The van der Waals surface area contributed by atoms with Crippen LogP contribution in [0.1, 0.15) is 46.0 Å². The standard InChI is InChI=1S/C9H20BOP/c1-4-6-8-9(7-5-2)12(3,10)11/h9H,4-8H2,1-3H3. The molecule has 0 saturated heterocycles. The van der Waals surface area contributed by atoms with Gasteiger partial charge in [-0.1, -0.05) is 33.1 Å². The summed E-state index contributed by atoms with van der Waals surface area (Å²) in [4.78, 5) is 0. The first-order valence-corrected chi connectivity index (χ1v) is 7.17. The number of hydrogen-bond acceptors (Lipinski definition) is 1. The van der Waals surface area contributed by atoms with E-state index in [0.717, 1.165) is 25.7 Å². The van der Waals surface area contributed by atoms with Crippen LogP contribution in [0.5, 0.6) is 0 Å². The molecule has 0 heterocycles. The summed E-state index contributed by atoms with van der Waals surface area (Å²) in [5, 5.41) is 0. The first-order chi connectivity index (χ1) is 5.52. The summed E-state index contributed by atoms with van der Waals surface area (Å²) in [6, 6.07) is 0. The maximum atomic E-state index is 11.6. The van der Waals surface area contributed by atoms with E-state index in [2.05, 4.69) is 13.8 Å². The Hall–Kier alpha value is 0.295. The van der Waals surface area contributed by atoms with Crippen molar-refractivity contribution in [3.8, 4) is 0 Å². The van der Waals surface area contributed by atoms with Crippen LogP contribution in [-0.2, 0) is 4.57 Å². The molecule has 0 aliphatic rings. The molecule has 0 aliphatic carbocycles. The van der Waals surface area contributed by atoms with E-state index in [1.54, 1.807) is 6.66 Å². The van der Waals surface area contributed by atoms with Crippen molar-refractivity contribution >= 4 is 14.6 Å². The largest absolute Gasteiger partial charge is 0.335 e. The Labute approximate surface area is 78.1 Å². The lowest BCUT2D eigenvalue weighted by atomic mass is 10.1. The quantitative estimate of drug-likeness (QED) is 0.458. The van der Waals surface area contributed by atoms with Crippen LogP contribution in [0.25, 0.3) is 0 Å². The van der Waals surface area contributed by atoms with Gasteiger partial charge in [-0.25, -0.2) is 0 Å². The van der Waals surface area contributed by atoms with Gasteiger partial charge in [-0.2, -0.15) is 0 Å². The molecule has 0 rings (SSSR count). The lowest BCUT2D eigenvalue weighted by Crippen LogP contribution is -2.07. The monoisotopic (exact) mass is 186 g/mol. The fourth-order valence-electron chi connectivity index (χ4n) is 1.43. The van der Waals surface area contributed by atoms with Gasteiger partial charge in [-0.3, -0.25) is 0 Å². The summed E-state index contributed by atoms with van der Waals surface area (Å²) in [6.45, 7) is 5.98. The summed E-state index contributed by atoms with van der Waals surface area (Å²) in [5.74, 6) is 0. The zero-order valence-corrected chi connectivity index (χ0v) is 9.44. The molecule has 0 aliphatic heterocycles. The van der Waals surface area contributed by atoms with Crippen LogP contribution in [0, 0.1) is 0 Å². The van der Waals surface area contributed by atoms with Crippen LogP contribution >= 0.6 is 7.02 Å². The van der Waals surface area contributed by atoms with E-state index >= 15 is 0 Å². The predicted molar refractivity (Wildman–Crippen MR) is 57.5 cm³/mol. The second-order valence-corrected chi connectivity index (χ2v) is 6.49. The van der Waals surface area contributed by atoms with Gasteiger partial charge in [0.1, 0.15) is 0 Å². The van der Waals surface area contributed by atoms with Crippen molar-refractivity contribution in [2.45, 2.75) is 51.6 Å². The van der Waals surface area contributed by atoms with Gasteiger partial charge >= 0.3 is 0 Å². The second kappa shape index (κ2) is 5.86. The van der Waals surface area contributed by atoms with Gasteiger partial charge in [0, 0.05) is 12.7 Å². The molecule has 2 radical (unpaired) electrons. The summed E-state index contributed by atoms with van der Waals surface area (Å²) in [5.41, 5.74) is 0.266. The van der Waals surface area contributed by atoms with Crippen molar-refractivity contribution in [3.63, 3.8) is 0 Å². The van der Waals surface area contributed by atoms with Crippen molar-refractivity contribution < 1.29 is 4.57 Å². The van der Waals surface area contributed by atoms with Crippen LogP contribution in [0.3, 0.4) is 0 Å². The topological polar surface area (TPSA) is 17.1 Å². The van der Waals surface area contributed by atoms with Gasteiger partial charge in [0.2, 0.25) is 0 Å². The number of unbranched alkanes of at least 4 members (excludes halogenated alkanes) is 1. The normalized spacial score (nSPS) is 18.6. The fraction of sp³-hybridized carbons (Fsp3) is 1.00. The van der Waals surface area contributed by atoms with Gasteiger partial charge in [-0.15, -0.1) is 0 Å². The molecule has 0 aromatic heterocycles. The van der Waals surface area contributed by atoms with E-state index in [0.29, 0.717) is 0 Å². The Bertz CT molecular complexity index is 153. The highest BCUT2D eigenvalue weighted by atomic mass is 31.2. The zero-order chi connectivity index (χ0) is 9.61. The molecular formula is C9H20BOP. The van der Waals surface area contributed by atoms with Crippen molar-refractivity contribution in [1.82, 2.24) is 0 Å². The zero-order valence-electron chi connectivity index (χ0n) is 8.55. The molecule has 1 nitrogen and oxygen atoms in total. The van der Waals surface area contributed by atoms with Gasteiger partial charge in [-0.05, 0) is 19.5 Å². The number of hydrogen-bond donors (Lipinski definition) is 0. The minimum Gasteiger partial charge on any atom is -0.335 e. The van der Waals surface area contributed by atoms with E-state index < -0.39 is 7.02 Å². The molecule has 0 fully saturated rings. The first-order valence-electron chi connectivity index (χ1n) is 4.88. The van der Waals surface area contributed by atoms with Crippen LogP contribution in [0.2, 0.25) is 0 Å². The van der Waals surface area contributed by atoms with Crippen molar-refractivity contribution in [1.29, 1.82) is 0 Å². The van der Waals surface area contributed by atoms with Crippen LogP contribution in [-0.4, -0.2) is 19.9 Å². The third-order valence-electron chi connectivity index (χ3n) is 2.24. The molecule has 2 atom stereocenters. The average Bonchev–Trinajstić information content (AvgIpc) is 1.95. The molecule has 70 valence electrons. The van der Waals surface area contributed by atoms with E-state index in [1.807, 2.05) is 0 Å². The highest BCUT2D eigenvalue weighted by Gasteiger charge is 2.20. The van der Waals surface area contributed by atoms with Crippen LogP contribution < -0.4 is 0 Å². The predicted octanol–water partition coefficient (Wildman–Crippen LogP) is 3.42. The third-order valence-corrected chi connectivity index (χ3v) is 4.20. The number of rotatable bonds is 6. The minimum atomic E-state index is -2.32. The molecular weight excluding hydrogens is 166 g/mol. The molecule has 0 N–H and O–H groups in total. The Balaban J connectivity index is 3.95. The Kier molecular flexibility index (Phi) is 6.00. The SMILES string of the molecule is [B]P(C)(=O)C(CCC)CCCC. The second-order valence-electron chi connectivity index (χ2n) is 3.64. The molecule has 2 unspecified atom stereocenters. The lowest BCUT2D eigenvalue weighted by molar-refractivity contribution is 0.554. The molecule has 0 aromatic carbocycles. The average molecular weight is 186 g/mol. The van der Waals surface area contributed by atoms with Crippen molar-refractivity contribution in [2.75, 3.05) is 6.66 Å². The van der Waals surface area contributed by atoms with E-state index in [-0.39, 0.29) is 5.66 Å². The summed E-state index contributed by atoms with van der Waals surface area (Å²) < 4.78 is 11.6. The molecule has 3 heteroatoms. The maximum Gasteiger partial charge on any atom is 0.164 e. The fourth-order valence-corrected chi connectivity index (χ4v) is 2.90. The van der Waals surface area contributed by atoms with Crippen LogP contribution in [0.4, 0.5) is 0 Å². The minimum absolute atomic E-state index is 0.266. The third kappa shape index (κ3) is 5.03. The van der Waals surface area contributed by atoms with Gasteiger partial charge in [0.15, 0.2) is 7.57 Å². The lowest BCUT2D eigenvalue weighted by Gasteiger charge is -2.20. The van der Waals surface area contributed by atoms with Crippen molar-refractivity contribution in [2.24, 2.45) is 0 Å². The maximum absolute atomic E-state index is 11.6. The summed E-state index contributed by atoms with van der Waals surface area (Å²) in [7, 11) is 3.34. The first kappa shape index (κ1) is 12.3. The summed E-state index contributed by atoms with van der Waals surface area (Å²) >= 11 is 0. The Morgan fingerprint density at radius 1 is 1.25 bits per heavy atom. The molecule has 0 saturated carbocycles. The highest BCUT2D eigenvalue weighted by molar-refractivity contribution is 7.87.